The van der Waals surface area contributed by atoms with Crippen LogP contribution in [-0.2, 0) is 28.5 Å². The molecule has 0 aromatic carbocycles. The molecule has 0 bridgehead atoms. The maximum absolute atomic E-state index is 12.0. The molecule has 0 amide bonds. The van der Waals surface area contributed by atoms with Gasteiger partial charge in [0.1, 0.15) is 0 Å². The van der Waals surface area contributed by atoms with Gasteiger partial charge in [-0.3, -0.25) is 9.69 Å². The predicted octanol–water partition coefficient (Wildman–Crippen LogP) is 5.98. The van der Waals surface area contributed by atoms with Crippen LogP contribution in [0.5, 0.6) is 0 Å². The first-order valence-electron chi connectivity index (χ1n) is 18.9. The third kappa shape index (κ3) is 5.33. The summed E-state index contributed by atoms with van der Waals surface area (Å²) in [5, 5.41) is 10.9. The Morgan fingerprint density at radius 1 is 1.02 bits per heavy atom. The summed E-state index contributed by atoms with van der Waals surface area (Å²) in [5.74, 6) is 2.39. The second kappa shape index (κ2) is 11.9. The van der Waals surface area contributed by atoms with Crippen LogP contribution < -0.4 is 0 Å². The molecule has 1 N–H and O–H groups in total. The molecular weight excluding hydrogens is 582 g/mol. The molecule has 2 heterocycles. The fourth-order valence-corrected chi connectivity index (χ4v) is 13.0. The fourth-order valence-electron chi connectivity index (χ4n) is 13.0. The van der Waals surface area contributed by atoms with Gasteiger partial charge >= 0.3 is 5.97 Å². The minimum absolute atomic E-state index is 0.132. The Bertz CT molecular complexity index is 1140. The van der Waals surface area contributed by atoms with Crippen molar-refractivity contribution in [2.45, 2.75) is 149 Å². The van der Waals surface area contributed by atoms with Crippen molar-refractivity contribution >= 4 is 5.97 Å². The van der Waals surface area contributed by atoms with E-state index in [1.165, 1.54) is 45.4 Å². The molecule has 8 nitrogen and oxygen atoms in total. The first-order valence-corrected chi connectivity index (χ1v) is 18.9. The minimum Gasteiger partial charge on any atom is -0.457 e. The summed E-state index contributed by atoms with van der Waals surface area (Å²) in [6.45, 7) is 19.6. The topological polar surface area (TPSA) is 86.7 Å². The molecular formula is C38H63NO7. The number of hydrogen-bond donors (Lipinski definition) is 1. The van der Waals surface area contributed by atoms with Gasteiger partial charge in [-0.05, 0) is 130 Å². The summed E-state index contributed by atoms with van der Waals surface area (Å²) in [4.78, 5) is 14.4. The van der Waals surface area contributed by atoms with Crippen LogP contribution >= 0.6 is 0 Å². The van der Waals surface area contributed by atoms with E-state index in [0.717, 1.165) is 71.1 Å². The summed E-state index contributed by atoms with van der Waals surface area (Å²) < 4.78 is 31.2. The third-order valence-electron chi connectivity index (χ3n) is 15.1. The van der Waals surface area contributed by atoms with E-state index in [-0.39, 0.29) is 36.0 Å². The number of morpholine rings is 1. The molecule has 46 heavy (non-hydrogen) atoms. The number of carbonyl (C=O) groups excluding carboxylic acids is 1. The Kier molecular flexibility index (Phi) is 8.75. The molecule has 7 fully saturated rings. The van der Waals surface area contributed by atoms with Crippen molar-refractivity contribution < 1.29 is 33.6 Å². The average Bonchev–Trinajstić information content (AvgIpc) is 3.57. The van der Waals surface area contributed by atoms with Crippen LogP contribution in [0.2, 0.25) is 0 Å². The number of fused-ring (bicyclic) bond motifs is 4. The Morgan fingerprint density at radius 3 is 2.54 bits per heavy atom. The maximum atomic E-state index is 12.0. The number of hydrogen-bond acceptors (Lipinski definition) is 8. The molecule has 5 saturated carbocycles. The first kappa shape index (κ1) is 33.7. The van der Waals surface area contributed by atoms with E-state index in [9.17, 15) is 9.90 Å². The van der Waals surface area contributed by atoms with Gasteiger partial charge in [0, 0.05) is 33.2 Å². The van der Waals surface area contributed by atoms with Gasteiger partial charge in [-0.2, -0.15) is 0 Å². The molecule has 2 aliphatic heterocycles. The van der Waals surface area contributed by atoms with Crippen LogP contribution in [0.25, 0.3) is 0 Å². The summed E-state index contributed by atoms with van der Waals surface area (Å²) in [5.41, 5.74) is 0.266. The van der Waals surface area contributed by atoms with Gasteiger partial charge in [-0.25, -0.2) is 0 Å². The Morgan fingerprint density at radius 2 is 1.80 bits per heavy atom. The van der Waals surface area contributed by atoms with Gasteiger partial charge in [0.05, 0.1) is 37.1 Å². The number of nitrogens with zero attached hydrogens (tertiary/aromatic N) is 1. The molecule has 8 heteroatoms. The van der Waals surface area contributed by atoms with Crippen LogP contribution in [-0.4, -0.2) is 91.7 Å². The van der Waals surface area contributed by atoms with E-state index in [1.807, 2.05) is 0 Å². The van der Waals surface area contributed by atoms with Gasteiger partial charge in [-0.1, -0.05) is 20.8 Å². The second-order valence-electron chi connectivity index (χ2n) is 17.9. The molecule has 0 radical (unpaired) electrons. The average molecular weight is 646 g/mol. The molecule has 7 aliphatic rings. The smallest absolute Gasteiger partial charge is 0.303 e. The van der Waals surface area contributed by atoms with Crippen LogP contribution in [0.3, 0.4) is 0 Å². The Labute approximate surface area is 277 Å². The summed E-state index contributed by atoms with van der Waals surface area (Å²) in [7, 11) is 0. The standard InChI is InChI=1S/C38H63NO7/c1-8-42-19-17-39-18-20-43-32(22-39)46-31-13-14-38-23-37(38)16-15-36(7)26-9-11-28(33(35(5,6)41)44-24(2)40)45-29(26)21-27(36)25(37)10-12-30(38)34(31,3)4/h25-33,41H,8-23H2,1-7H3/t25?,26?,27?,28?,29?,30?,31-,32?,33-,36+,37-,38?/m0/s1. The van der Waals surface area contributed by atoms with Gasteiger partial charge in [-0.15, -0.1) is 0 Å². The summed E-state index contributed by atoms with van der Waals surface area (Å²) in [6.07, 6.45) is 11.7. The summed E-state index contributed by atoms with van der Waals surface area (Å²) >= 11 is 0. The molecule has 12 atom stereocenters. The van der Waals surface area contributed by atoms with Gasteiger partial charge < -0.3 is 28.8 Å². The normalized spacial score (nSPS) is 47.0. The lowest BCUT2D eigenvalue weighted by atomic mass is 9.46. The van der Waals surface area contributed by atoms with Crippen LogP contribution in [0.1, 0.15) is 113 Å². The molecule has 8 unspecified atom stereocenters. The minimum atomic E-state index is -1.14. The summed E-state index contributed by atoms with van der Waals surface area (Å²) in [6, 6.07) is 0. The number of carbonyl (C=O) groups is 1. The largest absolute Gasteiger partial charge is 0.457 e. The van der Waals surface area contributed by atoms with Crippen LogP contribution in [0.15, 0.2) is 0 Å². The molecule has 7 rings (SSSR count). The number of rotatable bonds is 9. The highest BCUT2D eigenvalue weighted by molar-refractivity contribution is 5.66. The van der Waals surface area contributed by atoms with Crippen molar-refractivity contribution in [1.82, 2.24) is 4.90 Å². The third-order valence-corrected chi connectivity index (χ3v) is 15.1. The molecule has 262 valence electrons. The van der Waals surface area contributed by atoms with Crippen LogP contribution in [0, 0.1) is 45.3 Å². The monoisotopic (exact) mass is 645 g/mol. The van der Waals surface area contributed by atoms with Crippen molar-refractivity contribution in [1.29, 1.82) is 0 Å². The van der Waals surface area contributed by atoms with E-state index in [2.05, 4.69) is 32.6 Å². The lowest BCUT2D eigenvalue weighted by Gasteiger charge is -2.60. The van der Waals surface area contributed by atoms with E-state index < -0.39 is 11.7 Å². The molecule has 0 aromatic heterocycles. The van der Waals surface area contributed by atoms with Gasteiger partial charge in [0.15, 0.2) is 12.4 Å². The molecule has 0 aromatic rings. The van der Waals surface area contributed by atoms with Crippen molar-refractivity contribution in [2.24, 2.45) is 45.3 Å². The first-order chi connectivity index (χ1) is 21.7. The number of aliphatic hydroxyl groups is 1. The van der Waals surface area contributed by atoms with E-state index in [4.69, 9.17) is 23.7 Å². The molecule has 5 aliphatic carbocycles. The Hall–Kier alpha value is -0.770. The van der Waals surface area contributed by atoms with E-state index in [0.29, 0.717) is 34.0 Å². The lowest BCUT2D eigenvalue weighted by Crippen LogP contribution is -2.56. The van der Waals surface area contributed by atoms with Crippen molar-refractivity contribution in [3.8, 4) is 0 Å². The molecule has 2 spiro atoms. The van der Waals surface area contributed by atoms with Crippen molar-refractivity contribution in [3.05, 3.63) is 0 Å². The van der Waals surface area contributed by atoms with Crippen molar-refractivity contribution in [2.75, 3.05) is 39.5 Å². The lowest BCUT2D eigenvalue weighted by molar-refractivity contribution is -0.245. The van der Waals surface area contributed by atoms with Crippen LogP contribution in [0.4, 0.5) is 0 Å². The number of ether oxygens (including phenoxy) is 5. The van der Waals surface area contributed by atoms with Gasteiger partial charge in [0.25, 0.3) is 0 Å². The fraction of sp³-hybridized carbons (Fsp3) is 0.974. The molecule has 2 saturated heterocycles. The highest BCUT2D eigenvalue weighted by Gasteiger charge is 2.80. The maximum Gasteiger partial charge on any atom is 0.303 e. The van der Waals surface area contributed by atoms with Gasteiger partial charge in [0.2, 0.25) is 0 Å². The highest BCUT2D eigenvalue weighted by atomic mass is 16.7. The van der Waals surface area contributed by atoms with Crippen molar-refractivity contribution in [3.63, 3.8) is 0 Å². The van der Waals surface area contributed by atoms with E-state index >= 15 is 0 Å². The highest BCUT2D eigenvalue weighted by Crippen LogP contribution is 2.87. The quantitative estimate of drug-likeness (QED) is 0.242. The number of esters is 1. The Balaban J connectivity index is 1.03. The predicted molar refractivity (Wildman–Crippen MR) is 175 cm³/mol. The zero-order chi connectivity index (χ0) is 32.7. The zero-order valence-electron chi connectivity index (χ0n) is 29.9. The second-order valence-corrected chi connectivity index (χ2v) is 17.9. The SMILES string of the molecule is CCOCCN1CCOC(O[C@H]2CCC34C[C@]35CC[C@]3(C)C6CCC([C@H](OC(C)=O)C(C)(C)O)OC6CC3C5CCC4C2(C)C)C1. The zero-order valence-corrected chi connectivity index (χ0v) is 29.9. The van der Waals surface area contributed by atoms with E-state index in [1.54, 1.807) is 13.8 Å².